The first-order valence-electron chi connectivity index (χ1n) is 11.6. The van der Waals surface area contributed by atoms with Gasteiger partial charge in [0.2, 0.25) is 0 Å². The lowest BCUT2D eigenvalue weighted by Gasteiger charge is -2.24. The van der Waals surface area contributed by atoms with Crippen LogP contribution in [0.2, 0.25) is 0 Å². The van der Waals surface area contributed by atoms with Gasteiger partial charge in [0.05, 0.1) is 5.69 Å². The number of imidazole rings is 1. The Balaban J connectivity index is 1.63. The quantitative estimate of drug-likeness (QED) is 0.409. The Morgan fingerprint density at radius 2 is 2.03 bits per heavy atom. The fourth-order valence-corrected chi connectivity index (χ4v) is 5.64. The molecule has 4 aromatic rings. The molecule has 3 aromatic heterocycles. The molecule has 8 heteroatoms. The molecule has 0 radical (unpaired) electrons. The van der Waals surface area contributed by atoms with Crippen LogP contribution in [0.15, 0.2) is 36.5 Å². The maximum absolute atomic E-state index is 14.5. The van der Waals surface area contributed by atoms with Crippen molar-refractivity contribution < 1.29 is 4.39 Å². The lowest BCUT2D eigenvalue weighted by molar-refractivity contribution is 0.459. The first kappa shape index (κ1) is 22.5. The molecule has 0 atom stereocenters. The number of nitrogens with one attached hydrogen (secondary N) is 1. The molecule has 1 aliphatic heterocycles. The number of nitrogens with zero attached hydrogens (tertiary/aromatic N) is 5. The van der Waals surface area contributed by atoms with Gasteiger partial charge in [-0.15, -0.1) is 0 Å². The maximum Gasteiger partial charge on any atom is 0.192 e. The summed E-state index contributed by atoms with van der Waals surface area (Å²) in [6, 6.07) is 10.9. The van der Waals surface area contributed by atoms with E-state index in [4.69, 9.17) is 9.97 Å². The summed E-state index contributed by atoms with van der Waals surface area (Å²) in [6.07, 6.45) is 5.22. The van der Waals surface area contributed by atoms with Gasteiger partial charge in [0.25, 0.3) is 0 Å². The summed E-state index contributed by atoms with van der Waals surface area (Å²) in [5.41, 5.74) is 5.09. The number of hydrogen-bond donors (Lipinski definition) is 1. The molecule has 1 saturated heterocycles. The number of hydrogen-bond acceptors (Lipinski definition) is 6. The molecule has 1 aliphatic rings. The largest absolute Gasteiger partial charge is 0.317 e. The minimum absolute atomic E-state index is 0.341. The standard InChI is InChI=1S/C26H27FN6S/c1-4-21-25(33-15-18(13-16(2)24(33)30-21)17-9-11-29-12-10-17)32(3)26-31-23(22(14-28)34-26)19-7-5-6-8-20(19)27/h5-8,13,15,17,29H,4,9-12H2,1-3H3. The number of fused-ring (bicyclic) bond motifs is 1. The summed E-state index contributed by atoms with van der Waals surface area (Å²) in [5, 5.41) is 13.8. The number of aromatic nitrogens is 3. The molecule has 1 N–H and O–H groups in total. The van der Waals surface area contributed by atoms with E-state index >= 15 is 0 Å². The van der Waals surface area contributed by atoms with Crippen LogP contribution >= 0.6 is 11.3 Å². The van der Waals surface area contributed by atoms with Crippen LogP contribution in [0.3, 0.4) is 0 Å². The predicted molar refractivity (Wildman–Crippen MR) is 134 cm³/mol. The molecule has 6 nitrogen and oxygen atoms in total. The van der Waals surface area contributed by atoms with Crippen LogP contribution in [0.5, 0.6) is 0 Å². The first-order valence-corrected chi connectivity index (χ1v) is 12.4. The van der Waals surface area contributed by atoms with E-state index in [-0.39, 0.29) is 5.82 Å². The zero-order valence-electron chi connectivity index (χ0n) is 19.6. The van der Waals surface area contributed by atoms with Crippen molar-refractivity contribution >= 4 is 27.9 Å². The number of anilines is 2. The molecular formula is C26H27FN6S. The Hall–Kier alpha value is -3.28. The van der Waals surface area contributed by atoms with Crippen LogP contribution in [0.25, 0.3) is 16.9 Å². The fourth-order valence-electron chi connectivity index (χ4n) is 4.80. The number of aryl methyl sites for hydroxylation is 2. The average Bonchev–Trinajstić information content (AvgIpc) is 3.46. The van der Waals surface area contributed by atoms with E-state index in [9.17, 15) is 9.65 Å². The summed E-state index contributed by atoms with van der Waals surface area (Å²) in [7, 11) is 1.94. The molecule has 0 saturated carbocycles. The van der Waals surface area contributed by atoms with Gasteiger partial charge in [-0.1, -0.05) is 36.5 Å². The van der Waals surface area contributed by atoms with Crippen molar-refractivity contribution in [2.75, 3.05) is 25.0 Å². The molecule has 5 rings (SSSR count). The Morgan fingerprint density at radius 1 is 1.26 bits per heavy atom. The number of benzene rings is 1. The third-order valence-corrected chi connectivity index (χ3v) is 7.60. The van der Waals surface area contributed by atoms with Crippen molar-refractivity contribution in [2.24, 2.45) is 0 Å². The minimum atomic E-state index is -0.384. The molecule has 0 unspecified atom stereocenters. The molecule has 174 valence electrons. The molecule has 0 aliphatic carbocycles. The summed E-state index contributed by atoms with van der Waals surface area (Å²) >= 11 is 1.27. The summed E-state index contributed by atoms with van der Waals surface area (Å²) in [4.78, 5) is 12.0. The van der Waals surface area contributed by atoms with Crippen molar-refractivity contribution in [3.8, 4) is 17.3 Å². The smallest absolute Gasteiger partial charge is 0.192 e. The maximum atomic E-state index is 14.5. The number of halogens is 1. The van der Waals surface area contributed by atoms with E-state index in [1.165, 1.54) is 23.0 Å². The van der Waals surface area contributed by atoms with Gasteiger partial charge in [-0.2, -0.15) is 5.26 Å². The second kappa shape index (κ2) is 9.16. The van der Waals surface area contributed by atoms with E-state index < -0.39 is 0 Å². The normalized spacial score (nSPS) is 14.4. The zero-order chi connectivity index (χ0) is 23.8. The van der Waals surface area contributed by atoms with E-state index in [1.54, 1.807) is 18.2 Å². The summed E-state index contributed by atoms with van der Waals surface area (Å²) in [5.74, 6) is 1.08. The average molecular weight is 475 g/mol. The van der Waals surface area contributed by atoms with E-state index in [2.05, 4.69) is 41.9 Å². The molecule has 34 heavy (non-hydrogen) atoms. The second-order valence-corrected chi connectivity index (χ2v) is 9.71. The van der Waals surface area contributed by atoms with E-state index in [0.717, 1.165) is 55.1 Å². The van der Waals surface area contributed by atoms with Gasteiger partial charge >= 0.3 is 0 Å². The number of nitriles is 1. The van der Waals surface area contributed by atoms with Gasteiger partial charge < -0.3 is 10.2 Å². The van der Waals surface area contributed by atoms with Gasteiger partial charge in [-0.05, 0) is 68.5 Å². The first-order chi connectivity index (χ1) is 16.5. The molecule has 0 bridgehead atoms. The molecule has 0 spiro atoms. The van der Waals surface area contributed by atoms with Gasteiger partial charge in [-0.3, -0.25) is 4.40 Å². The topological polar surface area (TPSA) is 69.2 Å². The highest BCUT2D eigenvalue weighted by Gasteiger charge is 2.24. The molecule has 0 amide bonds. The van der Waals surface area contributed by atoms with Gasteiger partial charge in [0, 0.05) is 18.8 Å². The van der Waals surface area contributed by atoms with Crippen molar-refractivity contribution in [1.82, 2.24) is 19.7 Å². The summed E-state index contributed by atoms with van der Waals surface area (Å²) < 4.78 is 16.7. The summed E-state index contributed by atoms with van der Waals surface area (Å²) in [6.45, 7) is 6.28. The Kier molecular flexibility index (Phi) is 6.07. The van der Waals surface area contributed by atoms with Crippen molar-refractivity contribution in [3.05, 3.63) is 64.0 Å². The third kappa shape index (κ3) is 3.85. The fraction of sp³-hybridized carbons (Fsp3) is 0.346. The monoisotopic (exact) mass is 474 g/mol. The molecule has 1 fully saturated rings. The van der Waals surface area contributed by atoms with E-state index in [0.29, 0.717) is 27.2 Å². The van der Waals surface area contributed by atoms with Crippen LogP contribution in [0.1, 0.15) is 47.4 Å². The number of rotatable bonds is 5. The zero-order valence-corrected chi connectivity index (χ0v) is 20.4. The van der Waals surface area contributed by atoms with Gasteiger partial charge in [0.1, 0.15) is 33.9 Å². The van der Waals surface area contributed by atoms with Crippen LogP contribution in [-0.4, -0.2) is 34.5 Å². The van der Waals surface area contributed by atoms with Crippen molar-refractivity contribution in [1.29, 1.82) is 5.26 Å². The third-order valence-electron chi connectivity index (χ3n) is 6.57. The SMILES string of the molecule is CCc1nc2c(C)cc(C3CCNCC3)cn2c1N(C)c1nc(-c2ccccc2F)c(C#N)s1. The Morgan fingerprint density at radius 3 is 2.74 bits per heavy atom. The Bertz CT molecular complexity index is 1390. The highest BCUT2D eigenvalue weighted by molar-refractivity contribution is 7.16. The van der Waals surface area contributed by atoms with Crippen LogP contribution in [0.4, 0.5) is 15.3 Å². The number of thiazole rings is 1. The van der Waals surface area contributed by atoms with Crippen LogP contribution in [-0.2, 0) is 6.42 Å². The van der Waals surface area contributed by atoms with Gasteiger partial charge in [-0.25, -0.2) is 14.4 Å². The van der Waals surface area contributed by atoms with Crippen LogP contribution in [0, 0.1) is 24.1 Å². The molecule has 1 aromatic carbocycles. The lowest BCUT2D eigenvalue weighted by atomic mass is 9.91. The van der Waals surface area contributed by atoms with Crippen LogP contribution < -0.4 is 10.2 Å². The predicted octanol–water partition coefficient (Wildman–Crippen LogP) is 5.57. The molecular weight excluding hydrogens is 447 g/mol. The lowest BCUT2D eigenvalue weighted by Crippen LogP contribution is -2.26. The minimum Gasteiger partial charge on any atom is -0.317 e. The number of piperidine rings is 1. The second-order valence-electron chi connectivity index (χ2n) is 8.73. The molecule has 4 heterocycles. The van der Waals surface area contributed by atoms with E-state index in [1.807, 2.05) is 11.9 Å². The number of pyridine rings is 1. The Labute approximate surface area is 202 Å². The van der Waals surface area contributed by atoms with Gasteiger partial charge in [0.15, 0.2) is 5.13 Å². The highest BCUT2D eigenvalue weighted by atomic mass is 32.1. The highest BCUT2D eigenvalue weighted by Crippen LogP contribution is 2.38. The van der Waals surface area contributed by atoms with Crippen molar-refractivity contribution in [3.63, 3.8) is 0 Å². The van der Waals surface area contributed by atoms with Crippen molar-refractivity contribution in [2.45, 2.75) is 39.0 Å².